The fourth-order valence-corrected chi connectivity index (χ4v) is 1.44. The number of unbranched alkanes of at least 4 members (excludes halogenated alkanes) is 1. The molecule has 1 atom stereocenters. The Morgan fingerprint density at radius 1 is 1.50 bits per heavy atom. The van der Waals surface area contributed by atoms with Gasteiger partial charge in [0.2, 0.25) is 0 Å². The third-order valence-electron chi connectivity index (χ3n) is 2.23. The summed E-state index contributed by atoms with van der Waals surface area (Å²) in [5, 5.41) is 9.76. The van der Waals surface area contributed by atoms with Gasteiger partial charge in [0.1, 0.15) is 6.29 Å². The first-order valence-electron chi connectivity index (χ1n) is 4.92. The van der Waals surface area contributed by atoms with Crippen LogP contribution in [0.2, 0.25) is 0 Å². The highest BCUT2D eigenvalue weighted by atomic mass is 16.3. The van der Waals surface area contributed by atoms with Crippen molar-refractivity contribution in [3.05, 3.63) is 35.4 Å². The fraction of sp³-hybridized carbons (Fsp3) is 0.417. The van der Waals surface area contributed by atoms with Crippen molar-refractivity contribution in [2.45, 2.75) is 32.3 Å². The standard InChI is InChI=1S/C12H16O2/c1-10-5-4-6-11(9-10)12(14)7-2-3-8-13/h4-6,8-9,12,14H,2-3,7H2,1H3. The van der Waals surface area contributed by atoms with Gasteiger partial charge in [-0.2, -0.15) is 0 Å². The van der Waals surface area contributed by atoms with Gasteiger partial charge in [0.05, 0.1) is 6.10 Å². The van der Waals surface area contributed by atoms with Crippen LogP contribution in [0, 0.1) is 6.92 Å². The lowest BCUT2D eigenvalue weighted by Crippen LogP contribution is -1.97. The van der Waals surface area contributed by atoms with Crippen LogP contribution in [0.5, 0.6) is 0 Å². The Bertz CT molecular complexity index is 294. The van der Waals surface area contributed by atoms with E-state index in [9.17, 15) is 9.90 Å². The summed E-state index contributed by atoms with van der Waals surface area (Å²) in [4.78, 5) is 10.1. The molecule has 76 valence electrons. The van der Waals surface area contributed by atoms with E-state index in [1.54, 1.807) is 0 Å². The SMILES string of the molecule is Cc1cccc(C(O)CCCC=O)c1. The second kappa shape index (κ2) is 5.55. The molecule has 0 radical (unpaired) electrons. The van der Waals surface area contributed by atoms with Crippen LogP contribution in [0.1, 0.15) is 36.5 Å². The smallest absolute Gasteiger partial charge is 0.119 e. The summed E-state index contributed by atoms with van der Waals surface area (Å²) in [7, 11) is 0. The van der Waals surface area contributed by atoms with Crippen LogP contribution in [0.3, 0.4) is 0 Å². The Morgan fingerprint density at radius 3 is 2.93 bits per heavy atom. The first-order chi connectivity index (χ1) is 6.74. The summed E-state index contributed by atoms with van der Waals surface area (Å²) in [6.45, 7) is 2.00. The maximum absolute atomic E-state index is 10.1. The molecule has 0 saturated heterocycles. The molecule has 0 amide bonds. The Hall–Kier alpha value is -1.15. The van der Waals surface area contributed by atoms with Gasteiger partial charge >= 0.3 is 0 Å². The number of aryl methyl sites for hydroxylation is 1. The molecule has 0 saturated carbocycles. The second-order valence-corrected chi connectivity index (χ2v) is 3.53. The highest BCUT2D eigenvalue weighted by Crippen LogP contribution is 2.19. The van der Waals surface area contributed by atoms with Crippen molar-refractivity contribution < 1.29 is 9.90 Å². The van der Waals surface area contributed by atoms with Crippen molar-refractivity contribution in [1.29, 1.82) is 0 Å². The van der Waals surface area contributed by atoms with Crippen molar-refractivity contribution in [2.24, 2.45) is 0 Å². The summed E-state index contributed by atoms with van der Waals surface area (Å²) < 4.78 is 0. The van der Waals surface area contributed by atoms with Gasteiger partial charge < -0.3 is 9.90 Å². The summed E-state index contributed by atoms with van der Waals surface area (Å²) in [6.07, 6.45) is 2.39. The minimum atomic E-state index is -0.435. The van der Waals surface area contributed by atoms with Crippen LogP contribution >= 0.6 is 0 Å². The average molecular weight is 192 g/mol. The summed E-state index contributed by atoms with van der Waals surface area (Å²) in [6, 6.07) is 7.83. The topological polar surface area (TPSA) is 37.3 Å². The van der Waals surface area contributed by atoms with E-state index >= 15 is 0 Å². The summed E-state index contributed by atoms with van der Waals surface area (Å²) in [5.41, 5.74) is 2.09. The monoisotopic (exact) mass is 192 g/mol. The van der Waals surface area contributed by atoms with Crippen LogP contribution in [-0.2, 0) is 4.79 Å². The highest BCUT2D eigenvalue weighted by molar-refractivity contribution is 5.49. The van der Waals surface area contributed by atoms with E-state index in [1.165, 1.54) is 0 Å². The normalized spacial score (nSPS) is 12.4. The number of hydrogen-bond donors (Lipinski definition) is 1. The highest BCUT2D eigenvalue weighted by Gasteiger charge is 2.06. The van der Waals surface area contributed by atoms with E-state index in [0.717, 1.165) is 23.8 Å². The molecule has 1 N–H and O–H groups in total. The van der Waals surface area contributed by atoms with Crippen LogP contribution in [0.25, 0.3) is 0 Å². The summed E-state index contributed by atoms with van der Waals surface area (Å²) in [5.74, 6) is 0. The van der Waals surface area contributed by atoms with Gasteiger partial charge in [-0.25, -0.2) is 0 Å². The molecule has 1 unspecified atom stereocenters. The van der Waals surface area contributed by atoms with Gasteiger partial charge in [0, 0.05) is 6.42 Å². The predicted octanol–water partition coefficient (Wildman–Crippen LogP) is 2.40. The zero-order chi connectivity index (χ0) is 10.4. The molecule has 1 rings (SSSR count). The second-order valence-electron chi connectivity index (χ2n) is 3.53. The van der Waals surface area contributed by atoms with Crippen molar-refractivity contribution in [2.75, 3.05) is 0 Å². The molecule has 0 aliphatic carbocycles. The molecule has 0 heterocycles. The number of aliphatic hydroxyl groups excluding tert-OH is 1. The van der Waals surface area contributed by atoms with Crippen LogP contribution in [-0.4, -0.2) is 11.4 Å². The molecule has 0 aliphatic heterocycles. The number of carbonyl (C=O) groups excluding carboxylic acids is 1. The Morgan fingerprint density at radius 2 is 2.29 bits per heavy atom. The minimum absolute atomic E-state index is 0.435. The van der Waals surface area contributed by atoms with Gasteiger partial charge in [-0.1, -0.05) is 29.8 Å². The molecular weight excluding hydrogens is 176 g/mol. The lowest BCUT2D eigenvalue weighted by atomic mass is 10.0. The molecule has 0 aromatic heterocycles. The zero-order valence-corrected chi connectivity index (χ0v) is 8.44. The number of hydrogen-bond acceptors (Lipinski definition) is 2. The minimum Gasteiger partial charge on any atom is -0.388 e. The van der Waals surface area contributed by atoms with Crippen molar-refractivity contribution in [1.82, 2.24) is 0 Å². The van der Waals surface area contributed by atoms with Crippen LogP contribution in [0.4, 0.5) is 0 Å². The molecule has 0 fully saturated rings. The van der Waals surface area contributed by atoms with Crippen molar-refractivity contribution in [3.8, 4) is 0 Å². The van der Waals surface area contributed by atoms with Gasteiger partial charge in [-0.05, 0) is 25.3 Å². The Labute approximate surface area is 84.6 Å². The van der Waals surface area contributed by atoms with Gasteiger partial charge in [-0.15, -0.1) is 0 Å². The molecule has 2 heteroatoms. The van der Waals surface area contributed by atoms with Gasteiger partial charge in [0.25, 0.3) is 0 Å². The lowest BCUT2D eigenvalue weighted by molar-refractivity contribution is -0.108. The predicted molar refractivity (Wildman–Crippen MR) is 56.1 cm³/mol. The molecular formula is C12H16O2. The lowest BCUT2D eigenvalue weighted by Gasteiger charge is -2.10. The van der Waals surface area contributed by atoms with Gasteiger partial charge in [-0.3, -0.25) is 0 Å². The Balaban J connectivity index is 2.51. The molecule has 0 aliphatic rings. The fourth-order valence-electron chi connectivity index (χ4n) is 1.44. The average Bonchev–Trinajstić information content (AvgIpc) is 2.18. The third kappa shape index (κ3) is 3.30. The van der Waals surface area contributed by atoms with E-state index < -0.39 is 6.10 Å². The Kier molecular flexibility index (Phi) is 4.33. The van der Waals surface area contributed by atoms with E-state index in [4.69, 9.17) is 0 Å². The quantitative estimate of drug-likeness (QED) is 0.574. The van der Waals surface area contributed by atoms with Crippen LogP contribution < -0.4 is 0 Å². The number of benzene rings is 1. The number of rotatable bonds is 5. The van der Waals surface area contributed by atoms with Crippen molar-refractivity contribution >= 4 is 6.29 Å². The van der Waals surface area contributed by atoms with E-state index in [-0.39, 0.29) is 0 Å². The van der Waals surface area contributed by atoms with E-state index in [2.05, 4.69) is 0 Å². The largest absolute Gasteiger partial charge is 0.388 e. The van der Waals surface area contributed by atoms with Crippen molar-refractivity contribution in [3.63, 3.8) is 0 Å². The molecule has 0 bridgehead atoms. The first-order valence-corrected chi connectivity index (χ1v) is 4.92. The third-order valence-corrected chi connectivity index (χ3v) is 2.23. The van der Waals surface area contributed by atoms with Gasteiger partial charge in [0.15, 0.2) is 0 Å². The number of carbonyl (C=O) groups is 1. The van der Waals surface area contributed by atoms with Crippen LogP contribution in [0.15, 0.2) is 24.3 Å². The molecule has 0 spiro atoms. The maximum atomic E-state index is 10.1. The number of aliphatic hydroxyl groups is 1. The molecule has 1 aromatic carbocycles. The molecule has 1 aromatic rings. The number of aldehydes is 1. The molecule has 14 heavy (non-hydrogen) atoms. The molecule has 2 nitrogen and oxygen atoms in total. The zero-order valence-electron chi connectivity index (χ0n) is 8.44. The van der Waals surface area contributed by atoms with E-state index in [0.29, 0.717) is 12.8 Å². The van der Waals surface area contributed by atoms with E-state index in [1.807, 2.05) is 31.2 Å². The maximum Gasteiger partial charge on any atom is 0.119 e. The first kappa shape index (κ1) is 10.9. The summed E-state index contributed by atoms with van der Waals surface area (Å²) >= 11 is 0.